The van der Waals surface area contributed by atoms with Gasteiger partial charge in [-0.25, -0.2) is 0 Å². The van der Waals surface area contributed by atoms with Crippen LogP contribution in [0.5, 0.6) is 5.75 Å². The summed E-state index contributed by atoms with van der Waals surface area (Å²) in [5.74, 6) is -0.769. The van der Waals surface area contributed by atoms with E-state index in [-0.39, 0.29) is 12.2 Å². The summed E-state index contributed by atoms with van der Waals surface area (Å²) in [5, 5.41) is 3.27. The number of alkyl halides is 3. The van der Waals surface area contributed by atoms with Gasteiger partial charge in [0.25, 0.3) is 0 Å². The minimum Gasteiger partial charge on any atom is -0.406 e. The number of carbonyl (C=O) groups excluding carboxylic acids is 1. The maximum atomic E-state index is 12.1. The number of amides is 1. The van der Waals surface area contributed by atoms with Crippen molar-refractivity contribution in [3.8, 4) is 5.75 Å². The molecule has 0 saturated heterocycles. The molecule has 0 unspecified atom stereocenters. The maximum Gasteiger partial charge on any atom is 0.573 e. The first kappa shape index (κ1) is 17.4. The normalized spacial score (nSPS) is 11.2. The molecule has 0 radical (unpaired) electrons. The monoisotopic (exact) mass is 363 g/mol. The summed E-state index contributed by atoms with van der Waals surface area (Å²) >= 11 is 11.9. The summed E-state index contributed by atoms with van der Waals surface area (Å²) in [6, 6.07) is 9.68. The lowest BCUT2D eigenvalue weighted by atomic mass is 10.1. The molecule has 0 bridgehead atoms. The van der Waals surface area contributed by atoms with Crippen LogP contribution in [-0.4, -0.2) is 12.3 Å². The molecule has 0 fully saturated rings. The van der Waals surface area contributed by atoms with Crippen molar-refractivity contribution in [2.24, 2.45) is 0 Å². The van der Waals surface area contributed by atoms with Gasteiger partial charge in [-0.2, -0.15) is 0 Å². The van der Waals surface area contributed by atoms with E-state index in [1.54, 1.807) is 18.2 Å². The Morgan fingerprint density at radius 3 is 2.13 bits per heavy atom. The number of halogens is 5. The third kappa shape index (κ3) is 5.33. The van der Waals surface area contributed by atoms with Crippen molar-refractivity contribution in [1.29, 1.82) is 0 Å². The first-order valence-corrected chi connectivity index (χ1v) is 7.09. The molecule has 0 atom stereocenters. The van der Waals surface area contributed by atoms with Crippen LogP contribution in [0, 0.1) is 0 Å². The van der Waals surface area contributed by atoms with Gasteiger partial charge in [0.15, 0.2) is 0 Å². The first-order valence-electron chi connectivity index (χ1n) is 6.33. The van der Waals surface area contributed by atoms with E-state index >= 15 is 0 Å². The van der Waals surface area contributed by atoms with Crippen LogP contribution in [0.15, 0.2) is 42.5 Å². The van der Waals surface area contributed by atoms with Crippen LogP contribution in [0.2, 0.25) is 10.0 Å². The van der Waals surface area contributed by atoms with Gasteiger partial charge < -0.3 is 10.1 Å². The molecule has 1 amide bonds. The van der Waals surface area contributed by atoms with Crippen LogP contribution in [0.25, 0.3) is 0 Å². The van der Waals surface area contributed by atoms with Crippen molar-refractivity contribution >= 4 is 34.8 Å². The lowest BCUT2D eigenvalue weighted by molar-refractivity contribution is -0.274. The number of benzene rings is 2. The lowest BCUT2D eigenvalue weighted by Gasteiger charge is -2.10. The van der Waals surface area contributed by atoms with Crippen molar-refractivity contribution in [1.82, 2.24) is 0 Å². The molecule has 23 heavy (non-hydrogen) atoms. The average Bonchev–Trinajstić information content (AvgIpc) is 2.44. The smallest absolute Gasteiger partial charge is 0.406 e. The minimum atomic E-state index is -4.76. The van der Waals surface area contributed by atoms with Gasteiger partial charge in [0.05, 0.1) is 6.42 Å². The SMILES string of the molecule is O=C(Cc1c(Cl)cccc1Cl)Nc1ccc(OC(F)(F)F)cc1. The van der Waals surface area contributed by atoms with E-state index in [0.29, 0.717) is 21.3 Å². The summed E-state index contributed by atoms with van der Waals surface area (Å²) in [4.78, 5) is 12.0. The Kier molecular flexibility index (Phi) is 5.38. The molecule has 8 heteroatoms. The van der Waals surface area contributed by atoms with Crippen LogP contribution in [0.3, 0.4) is 0 Å². The Labute approximate surface area is 140 Å². The zero-order chi connectivity index (χ0) is 17.0. The predicted molar refractivity (Wildman–Crippen MR) is 81.9 cm³/mol. The highest BCUT2D eigenvalue weighted by Gasteiger charge is 2.30. The van der Waals surface area contributed by atoms with Gasteiger partial charge in [0.1, 0.15) is 5.75 Å². The molecule has 2 aromatic rings. The van der Waals surface area contributed by atoms with E-state index in [1.165, 1.54) is 12.1 Å². The second-order valence-electron chi connectivity index (χ2n) is 4.50. The fraction of sp³-hybridized carbons (Fsp3) is 0.133. The molecule has 0 spiro atoms. The van der Waals surface area contributed by atoms with Crippen LogP contribution < -0.4 is 10.1 Å². The van der Waals surface area contributed by atoms with Gasteiger partial charge in [-0.15, -0.1) is 13.2 Å². The van der Waals surface area contributed by atoms with Gasteiger partial charge in [-0.1, -0.05) is 29.3 Å². The van der Waals surface area contributed by atoms with Crippen molar-refractivity contribution in [3.63, 3.8) is 0 Å². The molecule has 0 aliphatic heterocycles. The molecule has 0 saturated carbocycles. The average molecular weight is 364 g/mol. The highest BCUT2D eigenvalue weighted by Crippen LogP contribution is 2.26. The summed E-state index contributed by atoms with van der Waals surface area (Å²) in [5.41, 5.74) is 0.804. The van der Waals surface area contributed by atoms with Gasteiger partial charge in [0, 0.05) is 15.7 Å². The third-order valence-electron chi connectivity index (χ3n) is 2.77. The Morgan fingerprint density at radius 2 is 1.61 bits per heavy atom. The zero-order valence-corrected chi connectivity index (χ0v) is 13.0. The maximum absolute atomic E-state index is 12.1. The van der Waals surface area contributed by atoms with Crippen molar-refractivity contribution in [2.75, 3.05) is 5.32 Å². The van der Waals surface area contributed by atoms with Gasteiger partial charge in [0.2, 0.25) is 5.91 Å². The van der Waals surface area contributed by atoms with Crippen LogP contribution in [-0.2, 0) is 11.2 Å². The van der Waals surface area contributed by atoms with Gasteiger partial charge in [-0.05, 0) is 42.0 Å². The van der Waals surface area contributed by atoms with Crippen LogP contribution in [0.4, 0.5) is 18.9 Å². The van der Waals surface area contributed by atoms with E-state index in [4.69, 9.17) is 23.2 Å². The number of nitrogens with one attached hydrogen (secondary N) is 1. The molecule has 0 aliphatic rings. The Hall–Kier alpha value is -1.92. The van der Waals surface area contributed by atoms with Crippen molar-refractivity contribution in [2.45, 2.75) is 12.8 Å². The van der Waals surface area contributed by atoms with E-state index < -0.39 is 12.3 Å². The number of anilines is 1. The number of hydrogen-bond donors (Lipinski definition) is 1. The molecule has 0 aliphatic carbocycles. The summed E-state index contributed by atoms with van der Waals surface area (Å²) in [6.45, 7) is 0. The second kappa shape index (κ2) is 7.10. The Bertz CT molecular complexity index is 683. The quantitative estimate of drug-likeness (QED) is 0.822. The van der Waals surface area contributed by atoms with Gasteiger partial charge >= 0.3 is 6.36 Å². The molecule has 2 rings (SSSR count). The largest absolute Gasteiger partial charge is 0.573 e. The van der Waals surface area contributed by atoms with Crippen molar-refractivity contribution < 1.29 is 22.7 Å². The Balaban J connectivity index is 2.00. The molecule has 0 heterocycles. The van der Waals surface area contributed by atoms with Gasteiger partial charge in [-0.3, -0.25) is 4.79 Å². The third-order valence-corrected chi connectivity index (χ3v) is 3.48. The van der Waals surface area contributed by atoms with E-state index in [9.17, 15) is 18.0 Å². The molecule has 0 aromatic heterocycles. The Morgan fingerprint density at radius 1 is 1.04 bits per heavy atom. The standard InChI is InChI=1S/C15H10Cl2F3NO2/c16-12-2-1-3-13(17)11(12)8-14(22)21-9-4-6-10(7-5-9)23-15(18,19)20/h1-7H,8H2,(H,21,22). The number of ether oxygens (including phenoxy) is 1. The minimum absolute atomic E-state index is 0.0562. The second-order valence-corrected chi connectivity index (χ2v) is 5.31. The predicted octanol–water partition coefficient (Wildman–Crippen LogP) is 5.07. The molecule has 122 valence electrons. The highest BCUT2D eigenvalue weighted by atomic mass is 35.5. The van der Waals surface area contributed by atoms with Crippen molar-refractivity contribution in [3.05, 3.63) is 58.1 Å². The summed E-state index contributed by atoms with van der Waals surface area (Å²) in [7, 11) is 0. The number of hydrogen-bond acceptors (Lipinski definition) is 2. The highest BCUT2D eigenvalue weighted by molar-refractivity contribution is 6.36. The molecular formula is C15H10Cl2F3NO2. The first-order chi connectivity index (χ1) is 10.7. The lowest BCUT2D eigenvalue weighted by Crippen LogP contribution is -2.17. The van der Waals surface area contributed by atoms with E-state index in [2.05, 4.69) is 10.1 Å². The molecular weight excluding hydrogens is 354 g/mol. The molecule has 3 nitrogen and oxygen atoms in total. The summed E-state index contributed by atoms with van der Waals surface area (Å²) < 4.78 is 39.9. The van der Waals surface area contributed by atoms with Crippen LogP contribution >= 0.6 is 23.2 Å². The summed E-state index contributed by atoms with van der Waals surface area (Å²) in [6.07, 6.45) is -4.81. The fourth-order valence-corrected chi connectivity index (χ4v) is 2.34. The molecule has 2 aromatic carbocycles. The van der Waals surface area contributed by atoms with E-state index in [0.717, 1.165) is 12.1 Å². The van der Waals surface area contributed by atoms with Crippen LogP contribution in [0.1, 0.15) is 5.56 Å². The number of rotatable bonds is 4. The fourth-order valence-electron chi connectivity index (χ4n) is 1.81. The molecule has 1 N–H and O–H groups in total. The van der Waals surface area contributed by atoms with E-state index in [1.807, 2.05) is 0 Å². The zero-order valence-electron chi connectivity index (χ0n) is 11.5. The number of carbonyl (C=O) groups is 1. The topological polar surface area (TPSA) is 38.3 Å².